The van der Waals surface area contributed by atoms with Crippen LogP contribution in [0, 0.1) is 0 Å². The summed E-state index contributed by atoms with van der Waals surface area (Å²) in [6, 6.07) is 0. The second-order valence-electron chi connectivity index (χ2n) is 9.60. The van der Waals surface area contributed by atoms with Gasteiger partial charge in [0.1, 0.15) is 0 Å². The molecule has 4 nitrogen and oxygen atoms in total. The Kier molecular flexibility index (Phi) is 50.8. The molecule has 0 amide bonds. The first kappa shape index (κ1) is 51.2. The van der Waals surface area contributed by atoms with Gasteiger partial charge in [0.25, 0.3) is 0 Å². The van der Waals surface area contributed by atoms with Gasteiger partial charge in [0.2, 0.25) is 0 Å². The van der Waals surface area contributed by atoms with Gasteiger partial charge in [-0.1, -0.05) is 132 Å². The average Bonchev–Trinajstić information content (AvgIpc) is 2.91. The second kappa shape index (κ2) is 40.6. The molecule has 0 aliphatic rings. The first-order chi connectivity index (χ1) is 19.1. The van der Waals surface area contributed by atoms with Crippen molar-refractivity contribution in [3.8, 4) is 0 Å². The van der Waals surface area contributed by atoms with Crippen molar-refractivity contribution in [2.24, 2.45) is 4.99 Å². The summed E-state index contributed by atoms with van der Waals surface area (Å²) in [4.78, 5) is 24.1. The number of hydrogen-bond donors (Lipinski definition) is 1. The summed E-state index contributed by atoms with van der Waals surface area (Å²) in [5.41, 5.74) is 1.89. The van der Waals surface area contributed by atoms with Gasteiger partial charge in [0.05, 0.1) is 6.54 Å². The van der Waals surface area contributed by atoms with Crippen LogP contribution in [0.1, 0.15) is 129 Å². The third kappa shape index (κ3) is 64.6. The minimum atomic E-state index is -0.846. The highest BCUT2D eigenvalue weighted by atomic mass is 33.1. The van der Waals surface area contributed by atoms with Crippen molar-refractivity contribution in [1.82, 2.24) is 0 Å². The molecule has 41 heavy (non-hydrogen) atoms. The molecule has 248 valence electrons. The molecule has 0 fully saturated rings. The molecule has 0 aliphatic heterocycles. The lowest BCUT2D eigenvalue weighted by atomic mass is 10.1. The largest absolute Gasteiger partial charge is 0.478 e. The van der Waals surface area contributed by atoms with Crippen LogP contribution < -0.4 is 0 Å². The maximum absolute atomic E-state index is 10.2. The Hall–Kier alpha value is 0.650. The summed E-state index contributed by atoms with van der Waals surface area (Å²) < 4.78 is 0.473. The molecular formula is C31H65NO3S6. The van der Waals surface area contributed by atoms with Gasteiger partial charge in [-0.15, -0.1) is 0 Å². The van der Waals surface area contributed by atoms with Crippen molar-refractivity contribution in [3.63, 3.8) is 0 Å². The fourth-order valence-electron chi connectivity index (χ4n) is 1.70. The van der Waals surface area contributed by atoms with E-state index in [-0.39, 0.29) is 5.78 Å². The van der Waals surface area contributed by atoms with Crippen molar-refractivity contribution in [3.05, 3.63) is 11.6 Å². The van der Waals surface area contributed by atoms with Crippen molar-refractivity contribution < 1.29 is 14.7 Å². The summed E-state index contributed by atoms with van der Waals surface area (Å²) in [6.07, 6.45) is 6.99. The molecule has 0 heterocycles. The molecule has 1 atom stereocenters. The number of Topliss-reactive ketones (excluding diaryl/α,β-unsaturated/α-hetero) is 1. The Labute approximate surface area is 280 Å². The van der Waals surface area contributed by atoms with E-state index in [2.05, 4.69) is 67.3 Å². The molecule has 0 aromatic heterocycles. The van der Waals surface area contributed by atoms with Gasteiger partial charge in [-0.2, -0.15) is 0 Å². The zero-order chi connectivity index (χ0) is 33.1. The Morgan fingerprint density at radius 3 is 1.68 bits per heavy atom. The molecule has 1 N–H and O–H groups in total. The minimum Gasteiger partial charge on any atom is -0.478 e. The summed E-state index contributed by atoms with van der Waals surface area (Å²) >= 11 is 0. The van der Waals surface area contributed by atoms with Gasteiger partial charge in [-0.25, -0.2) is 4.79 Å². The normalized spacial score (nSPS) is 11.1. The molecule has 0 saturated heterocycles. The number of carbonyl (C=O) groups excluding carboxylic acids is 1. The van der Waals surface area contributed by atoms with Gasteiger partial charge in [-0.05, 0) is 67.2 Å². The van der Waals surface area contributed by atoms with Crippen LogP contribution >= 0.6 is 64.8 Å². The van der Waals surface area contributed by atoms with Crippen LogP contribution in [-0.4, -0.2) is 62.1 Å². The number of carbonyl (C=O) groups is 2. The highest BCUT2D eigenvalue weighted by Gasteiger charge is 2.14. The fourth-order valence-corrected chi connectivity index (χ4v) is 7.74. The van der Waals surface area contributed by atoms with E-state index in [9.17, 15) is 9.59 Å². The Morgan fingerprint density at radius 2 is 1.37 bits per heavy atom. The molecule has 0 saturated carbocycles. The Bertz CT molecular complexity index is 621. The summed E-state index contributed by atoms with van der Waals surface area (Å²) in [6.45, 7) is 29.6. The number of nitrogens with zero attached hydrogens (tertiary/aromatic N) is 1. The number of aliphatic imine (C=N–C) groups is 1. The molecule has 0 aromatic rings. The minimum absolute atomic E-state index is 0.117. The lowest BCUT2D eigenvalue weighted by Gasteiger charge is -2.19. The fraction of sp³-hybridized carbons (Fsp3) is 0.839. The monoisotopic (exact) mass is 691 g/mol. The molecule has 0 aromatic carbocycles. The number of hydrogen-bond acceptors (Lipinski definition) is 9. The molecule has 0 spiro atoms. The van der Waals surface area contributed by atoms with Crippen LogP contribution in [0.25, 0.3) is 0 Å². The van der Waals surface area contributed by atoms with E-state index < -0.39 is 5.97 Å². The van der Waals surface area contributed by atoms with E-state index in [1.54, 1.807) is 0 Å². The summed E-state index contributed by atoms with van der Waals surface area (Å²) in [7, 11) is 11.8. The van der Waals surface area contributed by atoms with Gasteiger partial charge in [0, 0.05) is 44.8 Å². The van der Waals surface area contributed by atoms with Crippen molar-refractivity contribution in [2.75, 3.05) is 29.6 Å². The quantitative estimate of drug-likeness (QED) is 0.0694. The molecule has 0 bridgehead atoms. The molecule has 10 heteroatoms. The second-order valence-corrected chi connectivity index (χ2v) is 18.9. The van der Waals surface area contributed by atoms with E-state index in [0.29, 0.717) is 11.3 Å². The van der Waals surface area contributed by atoms with Crippen molar-refractivity contribution in [2.45, 2.75) is 139 Å². The van der Waals surface area contributed by atoms with Crippen LogP contribution in [0.15, 0.2) is 16.6 Å². The maximum atomic E-state index is 10.2. The SMILES string of the molecule is CC(=O)CN=C(C)C.CCCC(C)=CC(=O)O.CCCSSCC.CCSSC(C)(C)CC.CCSSC(C)CC. The maximum Gasteiger partial charge on any atom is 0.328 e. The number of ketones is 1. The predicted molar refractivity (Wildman–Crippen MR) is 207 cm³/mol. The van der Waals surface area contributed by atoms with Crippen LogP contribution in [0.5, 0.6) is 0 Å². The van der Waals surface area contributed by atoms with E-state index >= 15 is 0 Å². The zero-order valence-corrected chi connectivity index (χ0v) is 33.8. The van der Waals surface area contributed by atoms with E-state index in [0.717, 1.165) is 29.4 Å². The van der Waals surface area contributed by atoms with E-state index in [1.165, 1.54) is 55.3 Å². The Balaban J connectivity index is -0.000000132. The molecule has 0 aliphatic carbocycles. The van der Waals surface area contributed by atoms with Crippen LogP contribution in [0.4, 0.5) is 0 Å². The Morgan fingerprint density at radius 1 is 0.829 bits per heavy atom. The zero-order valence-electron chi connectivity index (χ0n) is 28.9. The summed E-state index contributed by atoms with van der Waals surface area (Å²) in [5.74, 6) is 4.26. The number of aliphatic carboxylic acids is 1. The molecule has 0 rings (SSSR count). The number of carboxylic acid groups (broad SMARTS) is 1. The van der Waals surface area contributed by atoms with Crippen LogP contribution in [-0.2, 0) is 9.59 Å². The van der Waals surface area contributed by atoms with E-state index in [1.807, 2.05) is 92.5 Å². The van der Waals surface area contributed by atoms with Crippen molar-refractivity contribution in [1.29, 1.82) is 0 Å². The lowest BCUT2D eigenvalue weighted by molar-refractivity contribution is -0.131. The third-order valence-corrected chi connectivity index (χ3v) is 13.6. The van der Waals surface area contributed by atoms with Gasteiger partial charge >= 0.3 is 5.97 Å². The highest BCUT2D eigenvalue weighted by Crippen LogP contribution is 2.37. The lowest BCUT2D eigenvalue weighted by Crippen LogP contribution is -2.10. The smallest absolute Gasteiger partial charge is 0.328 e. The number of rotatable bonds is 17. The third-order valence-electron chi connectivity index (χ3n) is 4.30. The number of allylic oxidation sites excluding steroid dienone is 1. The van der Waals surface area contributed by atoms with E-state index in [4.69, 9.17) is 5.11 Å². The van der Waals surface area contributed by atoms with Crippen molar-refractivity contribution >= 4 is 82.2 Å². The number of carboxylic acids is 1. The predicted octanol–water partition coefficient (Wildman–Crippen LogP) is 12.4. The first-order valence-electron chi connectivity index (χ1n) is 14.8. The molecule has 1 unspecified atom stereocenters. The average molecular weight is 692 g/mol. The van der Waals surface area contributed by atoms with Crippen LogP contribution in [0.2, 0.25) is 0 Å². The van der Waals surface area contributed by atoms with Gasteiger partial charge in [0.15, 0.2) is 5.78 Å². The molecule has 0 radical (unpaired) electrons. The first-order valence-corrected chi connectivity index (χ1v) is 22.0. The van der Waals surface area contributed by atoms with Gasteiger partial charge < -0.3 is 5.11 Å². The summed E-state index contributed by atoms with van der Waals surface area (Å²) in [5, 5.41) is 9.07. The highest BCUT2D eigenvalue weighted by molar-refractivity contribution is 8.77. The van der Waals surface area contributed by atoms with Gasteiger partial charge in [-0.3, -0.25) is 9.79 Å². The topological polar surface area (TPSA) is 66.7 Å². The molecular weight excluding hydrogens is 627 g/mol. The standard InChI is InChI=1S/C7H12O2.C7H16S2.C6H11NO.C6H14S2.C5H12S2/c1-3-4-6(2)5-7(8)9;1-5-7(3,4)9-8-6-2;1-5(2)7-4-6(3)8;1-4-6(3)8-7-5-2;1-3-5-7-6-4-2/h5H,3-4H2,1-2H3,(H,8,9);5-6H2,1-4H3;4H2,1-3H3;6H,4-5H2,1-3H3;3-5H2,1-2H3. The van der Waals surface area contributed by atoms with Crippen LogP contribution in [0.3, 0.4) is 0 Å².